The number of aliphatic hydroxyl groups is 1. The first-order chi connectivity index (χ1) is 9.68. The molecule has 0 bridgehead atoms. The molecule has 0 radical (unpaired) electrons. The highest BCUT2D eigenvalue weighted by Gasteiger charge is 2.40. The Morgan fingerprint density at radius 3 is 2.65 bits per heavy atom. The van der Waals surface area contributed by atoms with Crippen LogP contribution in [0.4, 0.5) is 0 Å². The lowest BCUT2D eigenvalue weighted by Crippen LogP contribution is -2.38. The third-order valence-corrected chi connectivity index (χ3v) is 4.93. The van der Waals surface area contributed by atoms with Crippen LogP contribution >= 0.6 is 0 Å². The summed E-state index contributed by atoms with van der Waals surface area (Å²) in [6.45, 7) is 2.47. The standard InChI is InChI=1S/C17H23NO2/c1-12-15(13-7-3-4-8-14(13)20-12)16(19)17(11-18)9-5-2-6-10-17/h3-4,7-8,16,19H,2,5-6,9-11,18H2,1H3. The van der Waals surface area contributed by atoms with Gasteiger partial charge in [-0.15, -0.1) is 0 Å². The van der Waals surface area contributed by atoms with Crippen molar-refractivity contribution >= 4 is 11.0 Å². The Kier molecular flexibility index (Phi) is 3.57. The molecule has 0 aliphatic heterocycles. The zero-order valence-electron chi connectivity index (χ0n) is 12.1. The van der Waals surface area contributed by atoms with E-state index >= 15 is 0 Å². The normalized spacial score (nSPS) is 20.1. The molecule has 1 aliphatic rings. The van der Waals surface area contributed by atoms with Crippen LogP contribution in [0.25, 0.3) is 11.0 Å². The average Bonchev–Trinajstić information content (AvgIpc) is 2.83. The zero-order valence-corrected chi connectivity index (χ0v) is 12.1. The molecule has 3 rings (SSSR count). The number of fused-ring (bicyclic) bond motifs is 1. The van der Waals surface area contributed by atoms with Crippen molar-refractivity contribution < 1.29 is 9.52 Å². The number of benzene rings is 1. The maximum atomic E-state index is 11.0. The SMILES string of the molecule is Cc1oc2ccccc2c1C(O)C1(CN)CCCCC1. The Morgan fingerprint density at radius 1 is 1.25 bits per heavy atom. The molecule has 0 spiro atoms. The van der Waals surface area contributed by atoms with Gasteiger partial charge in [-0.05, 0) is 25.8 Å². The van der Waals surface area contributed by atoms with E-state index in [4.69, 9.17) is 10.2 Å². The molecule has 2 aromatic rings. The molecule has 0 amide bonds. The summed E-state index contributed by atoms with van der Waals surface area (Å²) in [7, 11) is 0. The smallest absolute Gasteiger partial charge is 0.134 e. The number of aryl methyl sites for hydroxylation is 1. The lowest BCUT2D eigenvalue weighted by molar-refractivity contribution is 0.000653. The molecule has 1 fully saturated rings. The van der Waals surface area contributed by atoms with Crippen molar-refractivity contribution in [2.24, 2.45) is 11.1 Å². The molecule has 1 atom stereocenters. The molecule has 1 saturated carbocycles. The van der Waals surface area contributed by atoms with Crippen LogP contribution in [0.5, 0.6) is 0 Å². The fourth-order valence-electron chi connectivity index (χ4n) is 3.68. The van der Waals surface area contributed by atoms with Crippen molar-refractivity contribution in [2.75, 3.05) is 6.54 Å². The van der Waals surface area contributed by atoms with Gasteiger partial charge in [0.25, 0.3) is 0 Å². The first-order valence-corrected chi connectivity index (χ1v) is 7.54. The third kappa shape index (κ3) is 2.05. The van der Waals surface area contributed by atoms with Crippen molar-refractivity contribution in [1.82, 2.24) is 0 Å². The number of rotatable bonds is 3. The highest BCUT2D eigenvalue weighted by molar-refractivity contribution is 5.82. The lowest BCUT2D eigenvalue weighted by atomic mass is 9.68. The second-order valence-electron chi connectivity index (χ2n) is 6.10. The Hall–Kier alpha value is -1.32. The van der Waals surface area contributed by atoms with Crippen LogP contribution in [0.1, 0.15) is 49.5 Å². The highest BCUT2D eigenvalue weighted by Crippen LogP contribution is 2.48. The van der Waals surface area contributed by atoms with E-state index in [2.05, 4.69) is 0 Å². The van der Waals surface area contributed by atoms with Crippen molar-refractivity contribution in [1.29, 1.82) is 0 Å². The van der Waals surface area contributed by atoms with Gasteiger partial charge in [0.1, 0.15) is 11.3 Å². The summed E-state index contributed by atoms with van der Waals surface area (Å²) in [4.78, 5) is 0. The van der Waals surface area contributed by atoms with Crippen molar-refractivity contribution in [3.8, 4) is 0 Å². The van der Waals surface area contributed by atoms with Gasteiger partial charge in [0.2, 0.25) is 0 Å². The summed E-state index contributed by atoms with van der Waals surface area (Å²) < 4.78 is 5.80. The molecule has 1 aliphatic carbocycles. The molecule has 1 aromatic heterocycles. The van der Waals surface area contributed by atoms with Gasteiger partial charge in [0.15, 0.2) is 0 Å². The number of furan rings is 1. The van der Waals surface area contributed by atoms with Gasteiger partial charge in [0, 0.05) is 22.9 Å². The molecule has 3 heteroatoms. The Bertz CT molecular complexity index is 596. The fourth-order valence-corrected chi connectivity index (χ4v) is 3.68. The van der Waals surface area contributed by atoms with Crippen LogP contribution in [0.3, 0.4) is 0 Å². The number of nitrogens with two attached hydrogens (primary N) is 1. The largest absolute Gasteiger partial charge is 0.461 e. The molecular formula is C17H23NO2. The summed E-state index contributed by atoms with van der Waals surface area (Å²) in [5, 5.41) is 12.0. The first kappa shape index (κ1) is 13.7. The van der Waals surface area contributed by atoms with E-state index < -0.39 is 6.10 Å². The number of para-hydroxylation sites is 1. The van der Waals surface area contributed by atoms with E-state index in [1.54, 1.807) is 0 Å². The van der Waals surface area contributed by atoms with Gasteiger partial charge in [-0.25, -0.2) is 0 Å². The number of hydrogen-bond acceptors (Lipinski definition) is 3. The minimum atomic E-state index is -0.531. The second-order valence-corrected chi connectivity index (χ2v) is 6.10. The molecular weight excluding hydrogens is 250 g/mol. The number of hydrogen-bond donors (Lipinski definition) is 2. The molecule has 1 unspecified atom stereocenters. The van der Waals surface area contributed by atoms with Crippen molar-refractivity contribution in [3.63, 3.8) is 0 Å². The van der Waals surface area contributed by atoms with E-state index in [9.17, 15) is 5.11 Å². The van der Waals surface area contributed by atoms with E-state index in [0.29, 0.717) is 6.54 Å². The lowest BCUT2D eigenvalue weighted by Gasteiger charge is -2.40. The minimum Gasteiger partial charge on any atom is -0.461 e. The molecule has 3 nitrogen and oxygen atoms in total. The quantitative estimate of drug-likeness (QED) is 0.896. The van der Waals surface area contributed by atoms with Gasteiger partial charge < -0.3 is 15.3 Å². The molecule has 3 N–H and O–H groups in total. The number of aliphatic hydroxyl groups excluding tert-OH is 1. The van der Waals surface area contributed by atoms with E-state index in [-0.39, 0.29) is 5.41 Å². The maximum Gasteiger partial charge on any atom is 0.134 e. The minimum absolute atomic E-state index is 0.185. The molecule has 1 heterocycles. The summed E-state index contributed by atoms with van der Waals surface area (Å²) in [6, 6.07) is 7.93. The highest BCUT2D eigenvalue weighted by atomic mass is 16.3. The third-order valence-electron chi connectivity index (χ3n) is 4.93. The van der Waals surface area contributed by atoms with Crippen molar-refractivity contribution in [3.05, 3.63) is 35.6 Å². The van der Waals surface area contributed by atoms with Crippen LogP contribution in [-0.4, -0.2) is 11.7 Å². The van der Waals surface area contributed by atoms with Gasteiger partial charge >= 0.3 is 0 Å². The van der Waals surface area contributed by atoms with E-state index in [1.807, 2.05) is 31.2 Å². The maximum absolute atomic E-state index is 11.0. The van der Waals surface area contributed by atoms with Crippen LogP contribution < -0.4 is 5.73 Å². The molecule has 108 valence electrons. The van der Waals surface area contributed by atoms with Gasteiger partial charge in [-0.2, -0.15) is 0 Å². The second kappa shape index (κ2) is 5.23. The van der Waals surface area contributed by atoms with Crippen LogP contribution in [-0.2, 0) is 0 Å². The van der Waals surface area contributed by atoms with Crippen LogP contribution in [0.2, 0.25) is 0 Å². The van der Waals surface area contributed by atoms with Gasteiger partial charge in [-0.1, -0.05) is 37.5 Å². The van der Waals surface area contributed by atoms with E-state index in [0.717, 1.165) is 48.0 Å². The predicted octanol–water partition coefficient (Wildman–Crippen LogP) is 3.68. The topological polar surface area (TPSA) is 59.4 Å². The molecule has 1 aromatic carbocycles. The summed E-state index contributed by atoms with van der Waals surface area (Å²) in [6.07, 6.45) is 5.04. The predicted molar refractivity (Wildman–Crippen MR) is 80.5 cm³/mol. The van der Waals surface area contributed by atoms with Crippen molar-refractivity contribution in [2.45, 2.75) is 45.1 Å². The molecule has 20 heavy (non-hydrogen) atoms. The Labute approximate surface area is 119 Å². The van der Waals surface area contributed by atoms with Crippen LogP contribution in [0, 0.1) is 12.3 Å². The monoisotopic (exact) mass is 273 g/mol. The van der Waals surface area contributed by atoms with E-state index in [1.165, 1.54) is 6.42 Å². The first-order valence-electron chi connectivity index (χ1n) is 7.54. The summed E-state index contributed by atoms with van der Waals surface area (Å²) in [5.41, 5.74) is 7.65. The Balaban J connectivity index is 2.07. The average molecular weight is 273 g/mol. The fraction of sp³-hybridized carbons (Fsp3) is 0.529. The summed E-state index contributed by atoms with van der Waals surface area (Å²) >= 11 is 0. The van der Waals surface area contributed by atoms with Gasteiger partial charge in [0.05, 0.1) is 6.10 Å². The van der Waals surface area contributed by atoms with Crippen LogP contribution in [0.15, 0.2) is 28.7 Å². The van der Waals surface area contributed by atoms with Gasteiger partial charge in [-0.3, -0.25) is 0 Å². The molecule has 0 saturated heterocycles. The zero-order chi connectivity index (χ0) is 14.2. The Morgan fingerprint density at radius 2 is 1.95 bits per heavy atom. The summed E-state index contributed by atoms with van der Waals surface area (Å²) in [5.74, 6) is 0.817.